The second-order valence-electron chi connectivity index (χ2n) is 8.37. The highest BCUT2D eigenvalue weighted by molar-refractivity contribution is 7.89. The number of aryl methyl sites for hydroxylation is 1. The summed E-state index contributed by atoms with van der Waals surface area (Å²) in [6.07, 6.45) is 11.3. The predicted molar refractivity (Wildman–Crippen MR) is 109 cm³/mol. The lowest BCUT2D eigenvalue weighted by Gasteiger charge is -2.47. The minimum Gasteiger partial charge on any atom is -0.481 e. The summed E-state index contributed by atoms with van der Waals surface area (Å²) in [4.78, 5) is 10.9. The number of nitrogens with one attached hydrogen (secondary N) is 1. The average molecular weight is 406 g/mol. The van der Waals surface area contributed by atoms with Gasteiger partial charge in [-0.25, -0.2) is 13.1 Å². The van der Waals surface area contributed by atoms with Crippen LogP contribution in [0.5, 0.6) is 0 Å². The third-order valence-corrected chi connectivity index (χ3v) is 7.76. The SMILES string of the molecule is Cc1ccc(S(=O)(=O)NC2CC3CCC2C(CC=CCCCC(=O)O)C3)cc1. The number of aliphatic carboxylic acids is 1. The van der Waals surface area contributed by atoms with Gasteiger partial charge >= 0.3 is 5.97 Å². The second-order valence-corrected chi connectivity index (χ2v) is 10.1. The third-order valence-electron chi connectivity index (χ3n) is 6.26. The van der Waals surface area contributed by atoms with Gasteiger partial charge in [0.2, 0.25) is 10.0 Å². The Kier molecular flexibility index (Phi) is 6.94. The molecule has 0 amide bonds. The van der Waals surface area contributed by atoms with E-state index in [2.05, 4.69) is 16.9 Å². The molecule has 4 atom stereocenters. The van der Waals surface area contributed by atoms with E-state index in [1.807, 2.05) is 19.1 Å². The summed E-state index contributed by atoms with van der Waals surface area (Å²) in [5, 5.41) is 8.68. The van der Waals surface area contributed by atoms with Crippen LogP contribution in [-0.4, -0.2) is 25.5 Å². The Balaban J connectivity index is 1.58. The number of benzene rings is 1. The molecule has 2 bridgehead atoms. The Bertz CT molecular complexity index is 800. The van der Waals surface area contributed by atoms with Gasteiger partial charge in [0.15, 0.2) is 0 Å². The van der Waals surface area contributed by atoms with Gasteiger partial charge in [-0.3, -0.25) is 4.79 Å². The monoisotopic (exact) mass is 405 g/mol. The molecule has 1 aromatic rings. The lowest BCUT2D eigenvalue weighted by atomic mass is 9.61. The first-order valence-electron chi connectivity index (χ1n) is 10.3. The molecule has 0 heterocycles. The van der Waals surface area contributed by atoms with Crippen molar-refractivity contribution in [2.24, 2.45) is 17.8 Å². The quantitative estimate of drug-likeness (QED) is 0.474. The number of hydrogen-bond donors (Lipinski definition) is 2. The number of allylic oxidation sites excluding steroid dienone is 2. The number of hydrogen-bond acceptors (Lipinski definition) is 3. The van der Waals surface area contributed by atoms with Crippen LogP contribution in [-0.2, 0) is 14.8 Å². The molecule has 6 heteroatoms. The first-order valence-corrected chi connectivity index (χ1v) is 11.8. The van der Waals surface area contributed by atoms with E-state index in [0.717, 1.165) is 31.2 Å². The van der Waals surface area contributed by atoms with E-state index in [9.17, 15) is 13.2 Å². The van der Waals surface area contributed by atoms with Crippen molar-refractivity contribution in [3.63, 3.8) is 0 Å². The van der Waals surface area contributed by atoms with Crippen molar-refractivity contribution in [3.8, 4) is 0 Å². The largest absolute Gasteiger partial charge is 0.481 e. The zero-order chi connectivity index (χ0) is 20.1. The summed E-state index contributed by atoms with van der Waals surface area (Å²) in [6, 6.07) is 7.04. The molecule has 0 spiro atoms. The van der Waals surface area contributed by atoms with Crippen molar-refractivity contribution in [3.05, 3.63) is 42.0 Å². The fourth-order valence-electron chi connectivity index (χ4n) is 4.81. The summed E-state index contributed by atoms with van der Waals surface area (Å²) in [5.74, 6) is 0.741. The average Bonchev–Trinajstić information content (AvgIpc) is 2.65. The van der Waals surface area contributed by atoms with E-state index in [4.69, 9.17) is 5.11 Å². The number of carboxylic acid groups (broad SMARTS) is 1. The normalized spacial score (nSPS) is 27.3. The Hall–Kier alpha value is -1.66. The molecule has 3 aliphatic rings. The molecule has 3 saturated carbocycles. The Labute approximate surface area is 168 Å². The summed E-state index contributed by atoms with van der Waals surface area (Å²) < 4.78 is 28.6. The Morgan fingerprint density at radius 2 is 1.93 bits per heavy atom. The van der Waals surface area contributed by atoms with Crippen LogP contribution in [0.15, 0.2) is 41.3 Å². The maximum absolute atomic E-state index is 12.8. The van der Waals surface area contributed by atoms with Crippen molar-refractivity contribution in [1.82, 2.24) is 4.72 Å². The number of sulfonamides is 1. The molecule has 0 aromatic heterocycles. The zero-order valence-electron chi connectivity index (χ0n) is 16.5. The number of rotatable bonds is 9. The summed E-state index contributed by atoms with van der Waals surface area (Å²) in [7, 11) is -3.49. The molecule has 2 N–H and O–H groups in total. The number of carboxylic acids is 1. The van der Waals surface area contributed by atoms with E-state index in [1.165, 1.54) is 12.8 Å². The molecule has 1 aromatic carbocycles. The van der Waals surface area contributed by atoms with E-state index in [-0.39, 0.29) is 12.5 Å². The highest BCUT2D eigenvalue weighted by Gasteiger charge is 2.43. The number of unbranched alkanes of at least 4 members (excludes halogenated alkanes) is 1. The van der Waals surface area contributed by atoms with Crippen LogP contribution in [0, 0.1) is 24.7 Å². The highest BCUT2D eigenvalue weighted by atomic mass is 32.2. The van der Waals surface area contributed by atoms with Gasteiger partial charge in [0.1, 0.15) is 0 Å². The second kappa shape index (κ2) is 9.23. The lowest BCUT2D eigenvalue weighted by Crippen LogP contribution is -2.50. The van der Waals surface area contributed by atoms with Crippen LogP contribution >= 0.6 is 0 Å². The van der Waals surface area contributed by atoms with Crippen molar-refractivity contribution < 1.29 is 18.3 Å². The fourth-order valence-corrected chi connectivity index (χ4v) is 6.11. The van der Waals surface area contributed by atoms with E-state index >= 15 is 0 Å². The minimum absolute atomic E-state index is 0.0178. The van der Waals surface area contributed by atoms with Crippen LogP contribution in [0.2, 0.25) is 0 Å². The van der Waals surface area contributed by atoms with Gasteiger partial charge in [-0.05, 0) is 75.3 Å². The van der Waals surface area contributed by atoms with Gasteiger partial charge in [-0.2, -0.15) is 0 Å². The molecule has 0 radical (unpaired) electrons. The lowest BCUT2D eigenvalue weighted by molar-refractivity contribution is -0.137. The molecule has 0 aliphatic heterocycles. The third kappa shape index (κ3) is 5.45. The first kappa shape index (κ1) is 21.1. The highest BCUT2D eigenvalue weighted by Crippen LogP contribution is 2.47. The van der Waals surface area contributed by atoms with Gasteiger partial charge in [0.25, 0.3) is 0 Å². The van der Waals surface area contributed by atoms with Gasteiger partial charge < -0.3 is 5.11 Å². The predicted octanol–water partition coefficient (Wildman–Crippen LogP) is 4.28. The zero-order valence-corrected chi connectivity index (χ0v) is 17.3. The molecule has 28 heavy (non-hydrogen) atoms. The summed E-state index contributed by atoms with van der Waals surface area (Å²) in [6.45, 7) is 1.95. The Morgan fingerprint density at radius 3 is 2.61 bits per heavy atom. The van der Waals surface area contributed by atoms with E-state index < -0.39 is 16.0 Å². The standard InChI is InChI=1S/C22H31NO4S/c1-16-8-11-19(12-9-16)28(26,27)23-21-15-17-10-13-20(21)18(14-17)6-4-2-3-5-7-22(24)25/h2,4,8-9,11-12,17-18,20-21,23H,3,5-7,10,13-15H2,1H3,(H,24,25). The van der Waals surface area contributed by atoms with E-state index in [0.29, 0.717) is 29.1 Å². The molecule has 4 unspecified atom stereocenters. The minimum atomic E-state index is -3.49. The van der Waals surface area contributed by atoms with Crippen LogP contribution in [0.25, 0.3) is 0 Å². The molecule has 3 aliphatic carbocycles. The van der Waals surface area contributed by atoms with Crippen LogP contribution < -0.4 is 4.72 Å². The van der Waals surface area contributed by atoms with Crippen LogP contribution in [0.1, 0.15) is 56.9 Å². The number of carbonyl (C=O) groups is 1. The Morgan fingerprint density at radius 1 is 1.18 bits per heavy atom. The van der Waals surface area contributed by atoms with Gasteiger partial charge in [-0.1, -0.05) is 36.3 Å². The topological polar surface area (TPSA) is 83.5 Å². The van der Waals surface area contributed by atoms with Crippen molar-refractivity contribution in [2.45, 2.75) is 69.2 Å². The van der Waals surface area contributed by atoms with Crippen LogP contribution in [0.4, 0.5) is 0 Å². The molecule has 4 rings (SSSR count). The van der Waals surface area contributed by atoms with Gasteiger partial charge in [-0.15, -0.1) is 0 Å². The molecule has 0 saturated heterocycles. The van der Waals surface area contributed by atoms with E-state index in [1.54, 1.807) is 12.1 Å². The van der Waals surface area contributed by atoms with Crippen molar-refractivity contribution in [2.75, 3.05) is 0 Å². The molecule has 154 valence electrons. The molecular weight excluding hydrogens is 374 g/mol. The maximum Gasteiger partial charge on any atom is 0.303 e. The van der Waals surface area contributed by atoms with Crippen molar-refractivity contribution >= 4 is 16.0 Å². The smallest absolute Gasteiger partial charge is 0.303 e. The van der Waals surface area contributed by atoms with Crippen LogP contribution in [0.3, 0.4) is 0 Å². The fraction of sp³-hybridized carbons (Fsp3) is 0.591. The molecular formula is C22H31NO4S. The first-order chi connectivity index (χ1) is 13.3. The van der Waals surface area contributed by atoms with Gasteiger partial charge in [0.05, 0.1) is 4.90 Å². The molecule has 3 fully saturated rings. The van der Waals surface area contributed by atoms with Gasteiger partial charge in [0, 0.05) is 12.5 Å². The summed E-state index contributed by atoms with van der Waals surface area (Å²) >= 11 is 0. The maximum atomic E-state index is 12.8. The molecule has 5 nitrogen and oxygen atoms in total. The number of fused-ring (bicyclic) bond motifs is 3. The van der Waals surface area contributed by atoms with Crippen molar-refractivity contribution in [1.29, 1.82) is 0 Å². The summed E-state index contributed by atoms with van der Waals surface area (Å²) in [5.41, 5.74) is 1.05.